The van der Waals surface area contributed by atoms with E-state index in [1.165, 1.54) is 24.1 Å². The molecule has 1 aromatic rings. The van der Waals surface area contributed by atoms with Gasteiger partial charge in [-0.25, -0.2) is 4.39 Å². The Hall–Kier alpha value is -3.03. The van der Waals surface area contributed by atoms with Gasteiger partial charge < -0.3 is 9.64 Å². The highest BCUT2D eigenvalue weighted by molar-refractivity contribution is 6.07. The molecule has 0 aromatic heterocycles. The Balaban J connectivity index is 1.48. The smallest absolute Gasteiger partial charge is 0.326 e. The summed E-state index contributed by atoms with van der Waals surface area (Å²) in [6.07, 6.45) is 4.71. The Morgan fingerprint density at radius 2 is 1.82 bits per heavy atom. The molecule has 2 unspecified atom stereocenters. The van der Waals surface area contributed by atoms with E-state index in [1.807, 2.05) is 12.2 Å². The highest BCUT2D eigenvalue weighted by atomic mass is 19.1. The van der Waals surface area contributed by atoms with Crippen molar-refractivity contribution in [2.45, 2.75) is 19.4 Å². The van der Waals surface area contributed by atoms with Crippen LogP contribution in [0.5, 0.6) is 0 Å². The zero-order valence-electron chi connectivity index (χ0n) is 15.5. The maximum atomic E-state index is 13.2. The Labute approximate surface area is 161 Å². The van der Waals surface area contributed by atoms with Gasteiger partial charge in [-0.3, -0.25) is 24.1 Å². The monoisotopic (exact) mass is 388 g/mol. The molecular formula is C20H21FN2O5. The second-order valence-electron chi connectivity index (χ2n) is 6.96. The number of carbonyl (C=O) groups excluding carboxylic acids is 4. The molecule has 2 aliphatic rings. The zero-order valence-corrected chi connectivity index (χ0v) is 15.5. The van der Waals surface area contributed by atoms with Gasteiger partial charge in [-0.1, -0.05) is 24.3 Å². The SMILES string of the molecule is CN(Cc1cccc(F)c1)C(=O)COC(=O)CN1C(=O)C2CC=CCC2C1=O. The molecule has 148 valence electrons. The number of hydrogen-bond donors (Lipinski definition) is 0. The summed E-state index contributed by atoms with van der Waals surface area (Å²) in [6, 6.07) is 5.84. The number of likely N-dealkylation sites (N-methyl/N-ethyl adjacent to an activating group) is 1. The van der Waals surface area contributed by atoms with E-state index in [0.717, 1.165) is 4.90 Å². The number of benzene rings is 1. The number of rotatable bonds is 6. The van der Waals surface area contributed by atoms with Crippen LogP contribution in [0.4, 0.5) is 4.39 Å². The van der Waals surface area contributed by atoms with Crippen LogP contribution in [0.1, 0.15) is 18.4 Å². The van der Waals surface area contributed by atoms with E-state index in [1.54, 1.807) is 12.1 Å². The molecule has 1 saturated heterocycles. The van der Waals surface area contributed by atoms with Gasteiger partial charge in [0.05, 0.1) is 11.8 Å². The molecular weight excluding hydrogens is 367 g/mol. The van der Waals surface area contributed by atoms with Crippen molar-refractivity contribution in [3.63, 3.8) is 0 Å². The first kappa shape index (κ1) is 19.7. The van der Waals surface area contributed by atoms with Gasteiger partial charge in [0.2, 0.25) is 11.8 Å². The van der Waals surface area contributed by atoms with Crippen molar-refractivity contribution in [3.8, 4) is 0 Å². The van der Waals surface area contributed by atoms with Crippen LogP contribution in [-0.4, -0.2) is 53.7 Å². The van der Waals surface area contributed by atoms with Gasteiger partial charge in [-0.15, -0.1) is 0 Å². The molecule has 1 fully saturated rings. The highest BCUT2D eigenvalue weighted by Gasteiger charge is 2.47. The number of halogens is 1. The number of amides is 3. The van der Waals surface area contributed by atoms with E-state index in [2.05, 4.69) is 0 Å². The van der Waals surface area contributed by atoms with Crippen LogP contribution < -0.4 is 0 Å². The van der Waals surface area contributed by atoms with E-state index in [0.29, 0.717) is 18.4 Å². The number of nitrogens with zero attached hydrogens (tertiary/aromatic N) is 2. The summed E-state index contributed by atoms with van der Waals surface area (Å²) in [5.41, 5.74) is 0.603. The third-order valence-electron chi connectivity index (χ3n) is 4.98. The Morgan fingerprint density at radius 3 is 2.43 bits per heavy atom. The lowest BCUT2D eigenvalue weighted by molar-refractivity contribution is -0.156. The van der Waals surface area contributed by atoms with E-state index in [-0.39, 0.29) is 18.4 Å². The summed E-state index contributed by atoms with van der Waals surface area (Å²) in [7, 11) is 1.51. The van der Waals surface area contributed by atoms with Crippen LogP contribution in [0.3, 0.4) is 0 Å². The summed E-state index contributed by atoms with van der Waals surface area (Å²) < 4.78 is 18.1. The number of esters is 1. The first-order chi connectivity index (χ1) is 13.4. The van der Waals surface area contributed by atoms with Crippen molar-refractivity contribution in [2.75, 3.05) is 20.2 Å². The summed E-state index contributed by atoms with van der Waals surface area (Å²) in [6.45, 7) is -0.853. The van der Waals surface area contributed by atoms with Crippen molar-refractivity contribution >= 4 is 23.7 Å². The minimum Gasteiger partial charge on any atom is -0.454 e. The van der Waals surface area contributed by atoms with Gasteiger partial charge >= 0.3 is 5.97 Å². The molecule has 1 aliphatic carbocycles. The molecule has 0 N–H and O–H groups in total. The molecule has 1 aliphatic heterocycles. The lowest BCUT2D eigenvalue weighted by Gasteiger charge is -2.18. The molecule has 3 rings (SSSR count). The molecule has 28 heavy (non-hydrogen) atoms. The van der Waals surface area contributed by atoms with Gasteiger partial charge in [0, 0.05) is 13.6 Å². The first-order valence-electron chi connectivity index (χ1n) is 9.01. The number of ether oxygens (including phenoxy) is 1. The summed E-state index contributed by atoms with van der Waals surface area (Å²) in [4.78, 5) is 51.0. The van der Waals surface area contributed by atoms with Gasteiger partial charge in [0.1, 0.15) is 12.4 Å². The number of allylic oxidation sites excluding steroid dienone is 2. The van der Waals surface area contributed by atoms with E-state index < -0.39 is 42.7 Å². The second kappa shape index (κ2) is 8.33. The van der Waals surface area contributed by atoms with Crippen molar-refractivity contribution < 1.29 is 28.3 Å². The fraction of sp³-hybridized carbons (Fsp3) is 0.400. The van der Waals surface area contributed by atoms with Gasteiger partial charge in [0.25, 0.3) is 5.91 Å². The van der Waals surface area contributed by atoms with Gasteiger partial charge in [0.15, 0.2) is 6.61 Å². The molecule has 0 spiro atoms. The molecule has 1 aromatic carbocycles. The number of likely N-dealkylation sites (tertiary alicyclic amines) is 1. The molecule has 1 heterocycles. The summed E-state index contributed by atoms with van der Waals surface area (Å²) in [5.74, 6) is -3.26. The second-order valence-corrected chi connectivity index (χ2v) is 6.96. The lowest BCUT2D eigenvalue weighted by Crippen LogP contribution is -2.38. The normalized spacial score (nSPS) is 20.9. The Kier molecular flexibility index (Phi) is 5.87. The molecule has 0 saturated carbocycles. The van der Waals surface area contributed by atoms with Crippen LogP contribution >= 0.6 is 0 Å². The van der Waals surface area contributed by atoms with Crippen molar-refractivity contribution in [1.82, 2.24) is 9.80 Å². The van der Waals surface area contributed by atoms with E-state index >= 15 is 0 Å². The Bertz CT molecular complexity index is 812. The van der Waals surface area contributed by atoms with Crippen LogP contribution in [0, 0.1) is 17.7 Å². The molecule has 2 atom stereocenters. The first-order valence-corrected chi connectivity index (χ1v) is 9.01. The quantitative estimate of drug-likeness (QED) is 0.416. The van der Waals surface area contributed by atoms with Crippen LogP contribution in [0.2, 0.25) is 0 Å². The van der Waals surface area contributed by atoms with Crippen LogP contribution in [0.15, 0.2) is 36.4 Å². The fourth-order valence-corrected chi connectivity index (χ4v) is 3.45. The maximum absolute atomic E-state index is 13.2. The van der Waals surface area contributed by atoms with E-state index in [4.69, 9.17) is 4.74 Å². The largest absolute Gasteiger partial charge is 0.454 e. The van der Waals surface area contributed by atoms with Gasteiger partial charge in [-0.2, -0.15) is 0 Å². The molecule has 7 nitrogen and oxygen atoms in total. The van der Waals surface area contributed by atoms with Crippen molar-refractivity contribution in [3.05, 3.63) is 47.8 Å². The third kappa shape index (κ3) is 4.27. The number of imide groups is 1. The number of carbonyl (C=O) groups is 4. The third-order valence-corrected chi connectivity index (χ3v) is 4.98. The van der Waals surface area contributed by atoms with Gasteiger partial charge in [-0.05, 0) is 30.5 Å². The average Bonchev–Trinajstić information content (AvgIpc) is 2.91. The predicted molar refractivity (Wildman–Crippen MR) is 95.9 cm³/mol. The average molecular weight is 388 g/mol. The molecule has 8 heteroatoms. The topological polar surface area (TPSA) is 84.0 Å². The molecule has 0 radical (unpaired) electrons. The standard InChI is InChI=1S/C20H21FN2O5/c1-22(10-13-5-4-6-14(21)9-13)17(24)12-28-18(25)11-23-19(26)15-7-2-3-8-16(15)20(23)27/h2-6,9,15-16H,7-8,10-12H2,1H3. The minimum absolute atomic E-state index is 0.160. The van der Waals surface area contributed by atoms with E-state index in [9.17, 15) is 23.6 Å². The fourth-order valence-electron chi connectivity index (χ4n) is 3.45. The Morgan fingerprint density at radius 1 is 1.18 bits per heavy atom. The summed E-state index contributed by atoms with van der Waals surface area (Å²) in [5, 5.41) is 0. The number of fused-ring (bicyclic) bond motifs is 1. The number of hydrogen-bond acceptors (Lipinski definition) is 5. The van der Waals surface area contributed by atoms with Crippen molar-refractivity contribution in [1.29, 1.82) is 0 Å². The maximum Gasteiger partial charge on any atom is 0.326 e. The van der Waals surface area contributed by atoms with Crippen molar-refractivity contribution in [2.24, 2.45) is 11.8 Å². The predicted octanol–water partition coefficient (Wildman–Crippen LogP) is 1.28. The van der Waals surface area contributed by atoms with Crippen LogP contribution in [0.25, 0.3) is 0 Å². The van der Waals surface area contributed by atoms with Crippen LogP contribution in [-0.2, 0) is 30.5 Å². The zero-order chi connectivity index (χ0) is 20.3. The molecule has 3 amide bonds. The molecule has 0 bridgehead atoms. The summed E-state index contributed by atoms with van der Waals surface area (Å²) >= 11 is 0. The lowest BCUT2D eigenvalue weighted by atomic mass is 9.85. The minimum atomic E-state index is -0.819. The highest BCUT2D eigenvalue weighted by Crippen LogP contribution is 2.34.